The van der Waals surface area contributed by atoms with Gasteiger partial charge in [-0.2, -0.15) is 5.26 Å². The molecule has 0 aliphatic rings. The summed E-state index contributed by atoms with van der Waals surface area (Å²) < 4.78 is 5.45. The fourth-order valence-corrected chi connectivity index (χ4v) is 3.13. The first kappa shape index (κ1) is 20.5. The molecule has 0 fully saturated rings. The van der Waals surface area contributed by atoms with E-state index >= 15 is 0 Å². The summed E-state index contributed by atoms with van der Waals surface area (Å²) in [7, 11) is 0. The standard InChI is InChI=1S/C24H27NO2/c1-3-5-6-10-17-22(21-16-12-11-13-19(21)4-2)23(18-25)24(26)27-20-14-8-7-9-15-20/h7-9,11-16H,3-6,10,17H2,1-2H3. The number of esters is 1. The summed E-state index contributed by atoms with van der Waals surface area (Å²) in [6.07, 6.45) is 5.88. The second-order valence-corrected chi connectivity index (χ2v) is 6.49. The largest absolute Gasteiger partial charge is 0.422 e. The van der Waals surface area contributed by atoms with E-state index in [4.69, 9.17) is 4.74 Å². The predicted octanol–water partition coefficient (Wildman–Crippen LogP) is 6.10. The van der Waals surface area contributed by atoms with Gasteiger partial charge in [-0.05, 0) is 48.1 Å². The number of carbonyl (C=O) groups excluding carboxylic acids is 1. The number of unbranched alkanes of at least 4 members (excludes halogenated alkanes) is 3. The zero-order chi connectivity index (χ0) is 19.5. The van der Waals surface area contributed by atoms with Crippen LogP contribution in [0.3, 0.4) is 0 Å². The number of ether oxygens (including phenoxy) is 1. The lowest BCUT2D eigenvalue weighted by molar-refractivity contribution is -0.129. The molecule has 0 saturated carbocycles. The molecule has 2 rings (SSSR count). The highest BCUT2D eigenvalue weighted by molar-refractivity contribution is 6.03. The monoisotopic (exact) mass is 361 g/mol. The number of rotatable bonds is 9. The minimum absolute atomic E-state index is 0.108. The molecule has 0 saturated heterocycles. The fraction of sp³-hybridized carbons (Fsp3) is 0.333. The van der Waals surface area contributed by atoms with Crippen molar-refractivity contribution in [3.63, 3.8) is 0 Å². The zero-order valence-corrected chi connectivity index (χ0v) is 16.2. The van der Waals surface area contributed by atoms with Crippen molar-refractivity contribution >= 4 is 11.5 Å². The van der Waals surface area contributed by atoms with Crippen molar-refractivity contribution in [1.82, 2.24) is 0 Å². The molecular formula is C24H27NO2. The Balaban J connectivity index is 2.40. The van der Waals surface area contributed by atoms with Crippen molar-refractivity contribution in [2.75, 3.05) is 0 Å². The highest BCUT2D eigenvalue weighted by Crippen LogP contribution is 2.29. The van der Waals surface area contributed by atoms with Crippen LogP contribution in [-0.2, 0) is 11.2 Å². The summed E-state index contributed by atoms with van der Waals surface area (Å²) in [6, 6.07) is 19.0. The molecule has 0 radical (unpaired) electrons. The lowest BCUT2D eigenvalue weighted by atomic mass is 9.90. The van der Waals surface area contributed by atoms with E-state index in [1.54, 1.807) is 24.3 Å². The maximum absolute atomic E-state index is 12.7. The van der Waals surface area contributed by atoms with E-state index in [1.165, 1.54) is 0 Å². The first-order chi connectivity index (χ1) is 13.2. The normalized spacial score (nSPS) is 11.4. The molecule has 0 aliphatic heterocycles. The summed E-state index contributed by atoms with van der Waals surface area (Å²) in [6.45, 7) is 4.25. The van der Waals surface area contributed by atoms with Crippen LogP contribution in [0, 0.1) is 11.3 Å². The Morgan fingerprint density at radius 2 is 1.67 bits per heavy atom. The molecule has 0 bridgehead atoms. The number of para-hydroxylation sites is 1. The van der Waals surface area contributed by atoms with Crippen LogP contribution >= 0.6 is 0 Å². The molecule has 3 nitrogen and oxygen atoms in total. The Hall–Kier alpha value is -2.86. The molecule has 0 aliphatic carbocycles. The summed E-state index contributed by atoms with van der Waals surface area (Å²) in [5.74, 6) is -0.135. The van der Waals surface area contributed by atoms with E-state index in [0.29, 0.717) is 12.2 Å². The molecule has 0 atom stereocenters. The molecule has 2 aromatic carbocycles. The maximum Gasteiger partial charge on any atom is 0.354 e. The quantitative estimate of drug-likeness (QED) is 0.178. The number of benzene rings is 2. The number of hydrogen-bond acceptors (Lipinski definition) is 3. The van der Waals surface area contributed by atoms with Gasteiger partial charge in [0.1, 0.15) is 17.4 Å². The van der Waals surface area contributed by atoms with Crippen LogP contribution in [0.25, 0.3) is 5.57 Å². The fourth-order valence-electron chi connectivity index (χ4n) is 3.13. The van der Waals surface area contributed by atoms with Gasteiger partial charge in [-0.25, -0.2) is 4.79 Å². The van der Waals surface area contributed by atoms with Crippen LogP contribution in [0.1, 0.15) is 57.1 Å². The maximum atomic E-state index is 12.7. The molecule has 0 N–H and O–H groups in total. The molecule has 0 spiro atoms. The highest BCUT2D eigenvalue weighted by Gasteiger charge is 2.20. The Morgan fingerprint density at radius 1 is 0.963 bits per heavy atom. The van der Waals surface area contributed by atoms with Crippen molar-refractivity contribution < 1.29 is 9.53 Å². The molecule has 0 amide bonds. The smallest absolute Gasteiger partial charge is 0.354 e. The van der Waals surface area contributed by atoms with Crippen LogP contribution < -0.4 is 4.74 Å². The molecule has 0 unspecified atom stereocenters. The van der Waals surface area contributed by atoms with Gasteiger partial charge in [0.05, 0.1) is 0 Å². The van der Waals surface area contributed by atoms with Crippen molar-refractivity contribution in [2.24, 2.45) is 0 Å². The van der Waals surface area contributed by atoms with Crippen LogP contribution in [0.4, 0.5) is 0 Å². The Labute approximate surface area is 162 Å². The average Bonchev–Trinajstić information content (AvgIpc) is 2.71. The minimum atomic E-state index is -0.583. The third-order valence-electron chi connectivity index (χ3n) is 4.58. The zero-order valence-electron chi connectivity index (χ0n) is 16.2. The van der Waals surface area contributed by atoms with Gasteiger partial charge < -0.3 is 4.74 Å². The Kier molecular flexibility index (Phi) is 8.32. The van der Waals surface area contributed by atoms with E-state index in [0.717, 1.165) is 48.8 Å². The van der Waals surface area contributed by atoms with Crippen LogP contribution in [0.2, 0.25) is 0 Å². The number of aryl methyl sites for hydroxylation is 1. The first-order valence-electron chi connectivity index (χ1n) is 9.70. The lowest BCUT2D eigenvalue weighted by Crippen LogP contribution is -2.13. The van der Waals surface area contributed by atoms with Crippen LogP contribution in [0.15, 0.2) is 60.2 Å². The summed E-state index contributed by atoms with van der Waals surface area (Å²) in [5, 5.41) is 9.76. The Bertz CT molecular complexity index is 816. The molecule has 2 aromatic rings. The summed E-state index contributed by atoms with van der Waals surface area (Å²) in [5.41, 5.74) is 3.03. The number of nitrogens with zero attached hydrogens (tertiary/aromatic N) is 1. The second-order valence-electron chi connectivity index (χ2n) is 6.49. The third kappa shape index (κ3) is 5.82. The number of hydrogen-bond donors (Lipinski definition) is 0. The third-order valence-corrected chi connectivity index (χ3v) is 4.58. The lowest BCUT2D eigenvalue weighted by Gasteiger charge is -2.14. The number of allylic oxidation sites excluding steroid dienone is 1. The van der Waals surface area contributed by atoms with Gasteiger partial charge in [0.2, 0.25) is 0 Å². The highest BCUT2D eigenvalue weighted by atomic mass is 16.5. The van der Waals surface area contributed by atoms with Crippen LogP contribution in [0.5, 0.6) is 5.75 Å². The molecule has 3 heteroatoms. The average molecular weight is 361 g/mol. The van der Waals surface area contributed by atoms with E-state index in [-0.39, 0.29) is 5.57 Å². The second kappa shape index (κ2) is 11.0. The predicted molar refractivity (Wildman–Crippen MR) is 109 cm³/mol. The van der Waals surface area contributed by atoms with Gasteiger partial charge in [-0.1, -0.05) is 75.6 Å². The molecule has 140 valence electrons. The van der Waals surface area contributed by atoms with Crippen molar-refractivity contribution in [3.8, 4) is 11.8 Å². The van der Waals surface area contributed by atoms with Gasteiger partial charge in [-0.15, -0.1) is 0 Å². The van der Waals surface area contributed by atoms with Crippen molar-refractivity contribution in [3.05, 3.63) is 71.3 Å². The van der Waals surface area contributed by atoms with Gasteiger partial charge in [0, 0.05) is 0 Å². The van der Waals surface area contributed by atoms with Gasteiger partial charge >= 0.3 is 5.97 Å². The van der Waals surface area contributed by atoms with Gasteiger partial charge in [-0.3, -0.25) is 0 Å². The topological polar surface area (TPSA) is 50.1 Å². The SMILES string of the molecule is CCCCCCC(=C(C#N)C(=O)Oc1ccccc1)c1ccccc1CC. The van der Waals surface area contributed by atoms with Crippen LogP contribution in [-0.4, -0.2) is 5.97 Å². The van der Waals surface area contributed by atoms with E-state index in [2.05, 4.69) is 26.0 Å². The molecule has 0 aromatic heterocycles. The minimum Gasteiger partial charge on any atom is -0.422 e. The van der Waals surface area contributed by atoms with E-state index in [9.17, 15) is 10.1 Å². The number of carbonyl (C=O) groups is 1. The first-order valence-corrected chi connectivity index (χ1v) is 9.70. The van der Waals surface area contributed by atoms with Gasteiger partial charge in [0.25, 0.3) is 0 Å². The Morgan fingerprint density at radius 3 is 2.33 bits per heavy atom. The number of nitriles is 1. The van der Waals surface area contributed by atoms with E-state index < -0.39 is 5.97 Å². The van der Waals surface area contributed by atoms with Gasteiger partial charge in [0.15, 0.2) is 0 Å². The molecular weight excluding hydrogens is 334 g/mol. The molecule has 27 heavy (non-hydrogen) atoms. The molecule has 0 heterocycles. The summed E-state index contributed by atoms with van der Waals surface area (Å²) >= 11 is 0. The summed E-state index contributed by atoms with van der Waals surface area (Å²) in [4.78, 5) is 12.7. The van der Waals surface area contributed by atoms with E-state index in [1.807, 2.05) is 24.3 Å². The van der Waals surface area contributed by atoms with Crippen molar-refractivity contribution in [2.45, 2.75) is 52.4 Å². The van der Waals surface area contributed by atoms with Crippen molar-refractivity contribution in [1.29, 1.82) is 5.26 Å².